The van der Waals surface area contributed by atoms with E-state index in [1.54, 1.807) is 6.92 Å². The van der Waals surface area contributed by atoms with Gasteiger partial charge in [0.05, 0.1) is 31.0 Å². The fraction of sp³-hybridized carbons (Fsp3) is 0.350. The number of hydrogen-bond acceptors (Lipinski definition) is 9. The van der Waals surface area contributed by atoms with Crippen molar-refractivity contribution in [1.82, 2.24) is 14.7 Å². The summed E-state index contributed by atoms with van der Waals surface area (Å²) in [5.74, 6) is -0.175. The lowest BCUT2D eigenvalue weighted by Crippen LogP contribution is -2.23. The molecule has 9 nitrogen and oxygen atoms in total. The summed E-state index contributed by atoms with van der Waals surface area (Å²) in [6.07, 6.45) is 3.62. The van der Waals surface area contributed by atoms with E-state index in [1.165, 1.54) is 43.0 Å². The van der Waals surface area contributed by atoms with E-state index in [1.807, 2.05) is 0 Å². The number of fused-ring (bicyclic) bond motifs is 1. The summed E-state index contributed by atoms with van der Waals surface area (Å²) in [4.78, 5) is 21.6. The van der Waals surface area contributed by atoms with E-state index in [0.29, 0.717) is 51.5 Å². The number of anilines is 2. The van der Waals surface area contributed by atoms with Crippen molar-refractivity contribution in [2.24, 2.45) is 0 Å². The summed E-state index contributed by atoms with van der Waals surface area (Å²) < 4.78 is 49.0. The Morgan fingerprint density at radius 1 is 1.25 bits per heavy atom. The summed E-state index contributed by atoms with van der Waals surface area (Å²) in [6, 6.07) is 4.09. The molecule has 32 heavy (non-hydrogen) atoms. The van der Waals surface area contributed by atoms with Gasteiger partial charge in [-0.05, 0) is 37.5 Å². The minimum atomic E-state index is -3.23. The molecule has 0 radical (unpaired) electrons. The number of benzene rings is 1. The van der Waals surface area contributed by atoms with Crippen molar-refractivity contribution >= 4 is 49.1 Å². The fourth-order valence-corrected chi connectivity index (χ4v) is 4.55. The summed E-state index contributed by atoms with van der Waals surface area (Å²) in [6.45, 7) is 2.36. The quantitative estimate of drug-likeness (QED) is 0.333. The molecule has 0 fully saturated rings. The fourth-order valence-electron chi connectivity index (χ4n) is 2.97. The number of methoxy groups -OCH3 is 1. The number of esters is 1. The van der Waals surface area contributed by atoms with Crippen LogP contribution < -0.4 is 14.8 Å². The average molecular weight is 483 g/mol. The Morgan fingerprint density at radius 2 is 2.03 bits per heavy atom. The van der Waals surface area contributed by atoms with Crippen LogP contribution in [0.25, 0.3) is 10.2 Å². The lowest BCUT2D eigenvalue weighted by molar-refractivity contribution is 0.0605. The first-order valence-corrected chi connectivity index (χ1v) is 12.4. The van der Waals surface area contributed by atoms with Crippen LogP contribution >= 0.6 is 11.3 Å². The van der Waals surface area contributed by atoms with E-state index in [0.717, 1.165) is 6.26 Å². The number of ether oxygens (including phenoxy) is 2. The summed E-state index contributed by atoms with van der Waals surface area (Å²) in [5.41, 5.74) is 1.17. The first-order valence-electron chi connectivity index (χ1n) is 9.66. The van der Waals surface area contributed by atoms with Gasteiger partial charge in [0, 0.05) is 12.6 Å². The normalized spacial score (nSPS) is 11.5. The summed E-state index contributed by atoms with van der Waals surface area (Å²) in [5, 5.41) is 3.81. The van der Waals surface area contributed by atoms with Gasteiger partial charge >= 0.3 is 5.97 Å². The number of hydrogen-bond donors (Lipinski definition) is 2. The SMILES string of the molecule is COC(=O)c1sc2ncnc(Nc3ccc(F)cc3OCCCCNS(C)(=O)=O)c2c1C. The maximum absolute atomic E-state index is 13.8. The van der Waals surface area contributed by atoms with Gasteiger partial charge in [-0.2, -0.15) is 0 Å². The van der Waals surface area contributed by atoms with Crippen LogP contribution in [-0.2, 0) is 14.8 Å². The maximum Gasteiger partial charge on any atom is 0.348 e. The third kappa shape index (κ3) is 5.90. The predicted molar refractivity (Wildman–Crippen MR) is 121 cm³/mol. The molecule has 172 valence electrons. The predicted octanol–water partition coefficient (Wildman–Crippen LogP) is 3.38. The highest BCUT2D eigenvalue weighted by Gasteiger charge is 2.20. The number of unbranched alkanes of at least 4 members (excludes halogenated alkanes) is 1. The number of nitrogens with one attached hydrogen (secondary N) is 2. The van der Waals surface area contributed by atoms with Gasteiger partial charge in [0.2, 0.25) is 10.0 Å². The van der Waals surface area contributed by atoms with Crippen LogP contribution in [0, 0.1) is 12.7 Å². The molecule has 0 amide bonds. The second-order valence-electron chi connectivity index (χ2n) is 6.94. The van der Waals surface area contributed by atoms with Crippen LogP contribution in [0.4, 0.5) is 15.9 Å². The number of nitrogens with zero attached hydrogens (tertiary/aromatic N) is 2. The van der Waals surface area contributed by atoms with E-state index in [-0.39, 0.29) is 12.4 Å². The highest BCUT2D eigenvalue weighted by atomic mass is 32.2. The highest BCUT2D eigenvalue weighted by Crippen LogP contribution is 2.36. The Balaban J connectivity index is 1.77. The molecule has 3 rings (SSSR count). The van der Waals surface area contributed by atoms with Crippen LogP contribution in [0.5, 0.6) is 5.75 Å². The minimum Gasteiger partial charge on any atom is -0.491 e. The second kappa shape index (κ2) is 10.2. The van der Waals surface area contributed by atoms with E-state index in [4.69, 9.17) is 9.47 Å². The molecular formula is C20H23FN4O5S2. The Hall–Kier alpha value is -2.83. The molecule has 0 aliphatic carbocycles. The van der Waals surface area contributed by atoms with E-state index >= 15 is 0 Å². The molecule has 0 saturated heterocycles. The number of rotatable bonds is 10. The number of carbonyl (C=O) groups is 1. The third-order valence-corrected chi connectivity index (χ3v) is 6.40. The molecule has 0 aliphatic rings. The van der Waals surface area contributed by atoms with Gasteiger partial charge in [-0.25, -0.2) is 32.3 Å². The molecule has 0 bridgehead atoms. The van der Waals surface area contributed by atoms with Crippen molar-refractivity contribution in [2.75, 3.05) is 31.8 Å². The van der Waals surface area contributed by atoms with E-state index < -0.39 is 21.8 Å². The van der Waals surface area contributed by atoms with Crippen molar-refractivity contribution in [3.63, 3.8) is 0 Å². The molecule has 0 spiro atoms. The van der Waals surface area contributed by atoms with Crippen LogP contribution in [0.2, 0.25) is 0 Å². The number of sulfonamides is 1. The molecule has 12 heteroatoms. The molecule has 3 aromatic rings. The minimum absolute atomic E-state index is 0.271. The molecule has 2 aromatic heterocycles. The smallest absolute Gasteiger partial charge is 0.348 e. The van der Waals surface area contributed by atoms with Crippen LogP contribution in [0.1, 0.15) is 28.1 Å². The zero-order valence-electron chi connectivity index (χ0n) is 17.8. The summed E-state index contributed by atoms with van der Waals surface area (Å²) >= 11 is 1.21. The largest absolute Gasteiger partial charge is 0.491 e. The lowest BCUT2D eigenvalue weighted by Gasteiger charge is -2.14. The Bertz CT molecular complexity index is 1230. The molecular weight excluding hydrogens is 459 g/mol. The Kier molecular flexibility index (Phi) is 7.59. The number of halogens is 1. The number of aromatic nitrogens is 2. The van der Waals surface area contributed by atoms with Crippen LogP contribution in [0.3, 0.4) is 0 Å². The zero-order chi connectivity index (χ0) is 23.3. The first-order chi connectivity index (χ1) is 15.2. The van der Waals surface area contributed by atoms with Crippen molar-refractivity contribution < 1.29 is 27.1 Å². The van der Waals surface area contributed by atoms with E-state index in [9.17, 15) is 17.6 Å². The molecule has 2 N–H and O–H groups in total. The van der Waals surface area contributed by atoms with Gasteiger partial charge in [-0.1, -0.05) is 0 Å². The van der Waals surface area contributed by atoms with E-state index in [2.05, 4.69) is 20.0 Å². The summed E-state index contributed by atoms with van der Waals surface area (Å²) in [7, 11) is -1.91. The van der Waals surface area contributed by atoms with Crippen molar-refractivity contribution in [2.45, 2.75) is 19.8 Å². The van der Waals surface area contributed by atoms with Crippen molar-refractivity contribution in [3.8, 4) is 5.75 Å². The standard InChI is InChI=1S/C20H23FN4O5S2/c1-12-16-18(22-11-23-19(16)31-17(12)20(26)29-2)25-14-7-6-13(21)10-15(14)30-9-5-4-8-24-32(3,27)28/h6-7,10-11,24H,4-5,8-9H2,1-3H3,(H,22,23,25). The average Bonchev–Trinajstić information content (AvgIpc) is 3.08. The van der Waals surface area contributed by atoms with Gasteiger partial charge in [-0.15, -0.1) is 11.3 Å². The monoisotopic (exact) mass is 482 g/mol. The van der Waals surface area contributed by atoms with Gasteiger partial charge in [0.1, 0.15) is 33.4 Å². The van der Waals surface area contributed by atoms with Crippen molar-refractivity contribution in [3.05, 3.63) is 40.8 Å². The van der Waals surface area contributed by atoms with Gasteiger partial charge in [0.15, 0.2) is 0 Å². The van der Waals surface area contributed by atoms with Gasteiger partial charge < -0.3 is 14.8 Å². The molecule has 0 saturated carbocycles. The Morgan fingerprint density at radius 3 is 2.75 bits per heavy atom. The lowest BCUT2D eigenvalue weighted by atomic mass is 10.2. The Labute approximate surface area is 189 Å². The third-order valence-electron chi connectivity index (χ3n) is 4.49. The molecule has 0 aliphatic heterocycles. The van der Waals surface area contributed by atoms with Crippen molar-refractivity contribution in [1.29, 1.82) is 0 Å². The second-order valence-corrected chi connectivity index (χ2v) is 9.77. The topological polar surface area (TPSA) is 120 Å². The molecule has 0 atom stereocenters. The molecule has 1 aromatic carbocycles. The number of thiophene rings is 1. The zero-order valence-corrected chi connectivity index (χ0v) is 19.4. The number of aryl methyl sites for hydroxylation is 1. The van der Waals surface area contributed by atoms with Gasteiger partial charge in [0.25, 0.3) is 0 Å². The molecule has 0 unspecified atom stereocenters. The molecule has 2 heterocycles. The van der Waals surface area contributed by atoms with Crippen LogP contribution in [-0.4, -0.2) is 50.9 Å². The maximum atomic E-state index is 13.8. The highest BCUT2D eigenvalue weighted by molar-refractivity contribution is 7.88. The van der Waals surface area contributed by atoms with Crippen LogP contribution in [0.15, 0.2) is 24.5 Å². The first kappa shape index (κ1) is 23.8. The van der Waals surface area contributed by atoms with Gasteiger partial charge in [-0.3, -0.25) is 0 Å². The number of carbonyl (C=O) groups excluding carboxylic acids is 1.